The number of fused-ring (bicyclic) bond motifs is 2. The summed E-state index contributed by atoms with van der Waals surface area (Å²) >= 11 is 0. The van der Waals surface area contributed by atoms with E-state index < -0.39 is 8.24 Å². The number of esters is 1. The Hall–Kier alpha value is -2.85. The molecule has 0 atom stereocenters. The Morgan fingerprint density at radius 3 is 2.28 bits per heavy atom. The van der Waals surface area contributed by atoms with Gasteiger partial charge in [-0.05, 0) is 22.6 Å². The molecule has 0 radical (unpaired) electrons. The zero-order valence-corrected chi connectivity index (χ0v) is 18.7. The molecule has 148 valence electrons. The molecule has 3 nitrogen and oxygen atoms in total. The van der Waals surface area contributed by atoms with Gasteiger partial charge in [0.25, 0.3) is 0 Å². The van der Waals surface area contributed by atoms with Crippen molar-refractivity contribution in [2.45, 2.75) is 38.9 Å². The zero-order chi connectivity index (χ0) is 20.8. The summed E-state index contributed by atoms with van der Waals surface area (Å²) in [6.07, 6.45) is 1.99. The maximum Gasteiger partial charge on any atom is 0.344 e. The average Bonchev–Trinajstić information content (AvgIpc) is 2.98. The van der Waals surface area contributed by atoms with E-state index in [0.717, 1.165) is 16.8 Å². The van der Waals surface area contributed by atoms with E-state index in [1.165, 1.54) is 10.8 Å². The Kier molecular flexibility index (Phi) is 4.62. The molecule has 1 aliphatic heterocycles. The number of hydrogen-bond donors (Lipinski definition) is 1. The van der Waals surface area contributed by atoms with E-state index in [-0.39, 0.29) is 11.0 Å². The molecular formula is C25H27NO2Si. The van der Waals surface area contributed by atoms with Crippen LogP contribution in [0, 0.1) is 0 Å². The number of benzene rings is 3. The van der Waals surface area contributed by atoms with Gasteiger partial charge in [0.15, 0.2) is 8.24 Å². The molecule has 0 fully saturated rings. The number of carbonyl (C=O) groups excluding carboxylic acids is 1. The van der Waals surface area contributed by atoms with Crippen molar-refractivity contribution in [3.05, 3.63) is 77.4 Å². The van der Waals surface area contributed by atoms with Crippen LogP contribution in [0.25, 0.3) is 22.6 Å². The highest BCUT2D eigenvalue weighted by molar-refractivity contribution is 6.83. The van der Waals surface area contributed by atoms with Gasteiger partial charge in [0.05, 0.1) is 5.56 Å². The van der Waals surface area contributed by atoms with E-state index in [9.17, 15) is 4.79 Å². The van der Waals surface area contributed by atoms with E-state index in [0.29, 0.717) is 11.3 Å². The van der Waals surface area contributed by atoms with Crippen molar-refractivity contribution >= 4 is 42.5 Å². The van der Waals surface area contributed by atoms with Crippen LogP contribution in [0.4, 0.5) is 5.69 Å². The third kappa shape index (κ3) is 3.49. The molecule has 1 aliphatic rings. The predicted molar refractivity (Wildman–Crippen MR) is 124 cm³/mol. The Bertz CT molecular complexity index is 1140. The summed E-state index contributed by atoms with van der Waals surface area (Å²) in [5.74, 6) is 0.325. The molecular weight excluding hydrogens is 374 g/mol. The zero-order valence-electron chi connectivity index (χ0n) is 17.7. The summed E-state index contributed by atoms with van der Waals surface area (Å²) in [5.41, 5.74) is 3.62. The first kappa shape index (κ1) is 19.5. The lowest BCUT2D eigenvalue weighted by molar-refractivity contribution is 0.0717. The summed E-state index contributed by atoms with van der Waals surface area (Å²) in [5, 5.41) is 2.56. The van der Waals surface area contributed by atoms with Gasteiger partial charge >= 0.3 is 5.97 Å². The molecule has 0 aromatic heterocycles. The van der Waals surface area contributed by atoms with Crippen LogP contribution in [-0.4, -0.2) is 14.2 Å². The molecule has 4 heteroatoms. The van der Waals surface area contributed by atoms with Crippen LogP contribution in [0.1, 0.15) is 42.3 Å². The lowest BCUT2D eigenvalue weighted by Gasteiger charge is -2.38. The second-order valence-corrected chi connectivity index (χ2v) is 14.2. The SMILES string of the molecule is CC(C)(C)[Si](C)(C)Nc1c(/C=C2\OC(=O)c3ccccc32)ccc2ccccc12. The minimum absolute atomic E-state index is 0.181. The highest BCUT2D eigenvalue weighted by Gasteiger charge is 2.36. The molecule has 0 bridgehead atoms. The highest BCUT2D eigenvalue weighted by atomic mass is 28.3. The smallest absolute Gasteiger partial charge is 0.344 e. The first-order valence-electron chi connectivity index (χ1n) is 10.0. The summed E-state index contributed by atoms with van der Waals surface area (Å²) in [6.45, 7) is 11.6. The molecule has 1 N–H and O–H groups in total. The molecule has 1 heterocycles. The summed E-state index contributed by atoms with van der Waals surface area (Å²) in [6, 6.07) is 20.2. The number of nitrogens with one attached hydrogen (secondary N) is 1. The largest absolute Gasteiger partial charge is 0.422 e. The van der Waals surface area contributed by atoms with Crippen molar-refractivity contribution in [1.82, 2.24) is 0 Å². The van der Waals surface area contributed by atoms with Crippen molar-refractivity contribution in [1.29, 1.82) is 0 Å². The predicted octanol–water partition coefficient (Wildman–Crippen LogP) is 6.93. The Labute approximate surface area is 173 Å². The second kappa shape index (κ2) is 6.89. The normalized spacial score (nSPS) is 15.5. The van der Waals surface area contributed by atoms with Crippen molar-refractivity contribution in [3.8, 4) is 0 Å². The van der Waals surface area contributed by atoms with Gasteiger partial charge in [-0.15, -0.1) is 0 Å². The Morgan fingerprint density at radius 2 is 1.55 bits per heavy atom. The van der Waals surface area contributed by atoms with Crippen molar-refractivity contribution in [2.75, 3.05) is 4.98 Å². The van der Waals surface area contributed by atoms with Crippen LogP contribution >= 0.6 is 0 Å². The van der Waals surface area contributed by atoms with Crippen LogP contribution in [0.15, 0.2) is 60.7 Å². The second-order valence-electron chi connectivity index (χ2n) is 9.19. The Balaban J connectivity index is 1.89. The fraction of sp³-hybridized carbons (Fsp3) is 0.240. The van der Waals surface area contributed by atoms with Crippen molar-refractivity contribution < 1.29 is 9.53 Å². The highest BCUT2D eigenvalue weighted by Crippen LogP contribution is 2.40. The molecule has 0 unspecified atom stereocenters. The van der Waals surface area contributed by atoms with E-state index in [1.54, 1.807) is 0 Å². The fourth-order valence-electron chi connectivity index (χ4n) is 3.38. The van der Waals surface area contributed by atoms with E-state index >= 15 is 0 Å². The minimum atomic E-state index is -1.82. The maximum atomic E-state index is 12.3. The molecule has 3 aromatic rings. The van der Waals surface area contributed by atoms with Gasteiger partial charge in [0.1, 0.15) is 5.76 Å². The maximum absolute atomic E-state index is 12.3. The van der Waals surface area contributed by atoms with Gasteiger partial charge in [-0.25, -0.2) is 4.79 Å². The Morgan fingerprint density at radius 1 is 0.897 bits per heavy atom. The quantitative estimate of drug-likeness (QED) is 0.382. The van der Waals surface area contributed by atoms with Gasteiger partial charge in [0, 0.05) is 22.2 Å². The molecule has 4 rings (SSSR count). The molecule has 0 saturated heterocycles. The number of ether oxygens (including phenoxy) is 1. The van der Waals surface area contributed by atoms with E-state index in [4.69, 9.17) is 4.74 Å². The number of anilines is 1. The van der Waals surface area contributed by atoms with Crippen molar-refractivity contribution in [3.63, 3.8) is 0 Å². The monoisotopic (exact) mass is 401 g/mol. The lowest BCUT2D eigenvalue weighted by atomic mass is 10.0. The summed E-state index contributed by atoms with van der Waals surface area (Å²) in [7, 11) is -1.82. The van der Waals surface area contributed by atoms with Gasteiger partial charge in [-0.1, -0.05) is 88.5 Å². The average molecular weight is 402 g/mol. The number of hydrogen-bond acceptors (Lipinski definition) is 3. The molecule has 0 aliphatic carbocycles. The molecule has 0 spiro atoms. The van der Waals surface area contributed by atoms with Crippen LogP contribution in [0.3, 0.4) is 0 Å². The first-order chi connectivity index (χ1) is 13.7. The summed E-state index contributed by atoms with van der Waals surface area (Å²) < 4.78 is 5.61. The van der Waals surface area contributed by atoms with Gasteiger partial charge in [0.2, 0.25) is 0 Å². The number of carbonyl (C=O) groups is 1. The molecule has 0 saturated carbocycles. The van der Waals surface area contributed by atoms with Gasteiger partial charge < -0.3 is 9.72 Å². The third-order valence-corrected chi connectivity index (χ3v) is 10.8. The topological polar surface area (TPSA) is 38.3 Å². The van der Waals surface area contributed by atoms with Crippen molar-refractivity contribution in [2.24, 2.45) is 0 Å². The standard InChI is InChI=1S/C25H27NO2Si/c1-25(2,3)29(4,5)26-23-18(15-14-17-10-6-7-11-19(17)23)16-22-20-12-8-9-13-21(20)24(27)28-22/h6-16,26H,1-5H3/b22-16-. The number of rotatable bonds is 3. The molecule has 3 aromatic carbocycles. The third-order valence-electron chi connectivity index (χ3n) is 6.18. The van der Waals surface area contributed by atoms with Gasteiger partial charge in [-0.3, -0.25) is 0 Å². The molecule has 29 heavy (non-hydrogen) atoms. The fourth-order valence-corrected chi connectivity index (χ4v) is 4.66. The lowest BCUT2D eigenvalue weighted by Crippen LogP contribution is -2.46. The molecule has 0 amide bonds. The van der Waals surface area contributed by atoms with Crippen LogP contribution in [0.5, 0.6) is 0 Å². The van der Waals surface area contributed by atoms with Crippen LogP contribution in [0.2, 0.25) is 18.1 Å². The van der Waals surface area contributed by atoms with Crippen LogP contribution < -0.4 is 4.98 Å². The minimum Gasteiger partial charge on any atom is -0.422 e. The number of cyclic esters (lactones) is 1. The van der Waals surface area contributed by atoms with Gasteiger partial charge in [-0.2, -0.15) is 0 Å². The summed E-state index contributed by atoms with van der Waals surface area (Å²) in [4.78, 5) is 16.2. The van der Waals surface area contributed by atoms with E-state index in [1.807, 2.05) is 30.3 Å². The van der Waals surface area contributed by atoms with Crippen LogP contribution in [-0.2, 0) is 4.74 Å². The first-order valence-corrected chi connectivity index (χ1v) is 13.0. The van der Waals surface area contributed by atoms with E-state index in [2.05, 4.69) is 75.2 Å².